The quantitative estimate of drug-likeness (QED) is 0.511. The van der Waals surface area contributed by atoms with Gasteiger partial charge >= 0.3 is 15.6 Å². The third kappa shape index (κ3) is 8.21. The summed E-state index contributed by atoms with van der Waals surface area (Å²) in [7, 11) is -5.84. The molecule has 0 unspecified atom stereocenters. The highest BCUT2D eigenvalue weighted by Crippen LogP contribution is 2.20. The molecule has 0 fully saturated rings. The van der Waals surface area contributed by atoms with Gasteiger partial charge < -0.3 is 4.57 Å². The third-order valence-electron chi connectivity index (χ3n) is 2.46. The van der Waals surface area contributed by atoms with Crippen molar-refractivity contribution in [1.82, 2.24) is 4.57 Å². The molecular weight excluding hydrogens is 295 g/mol. The molecule has 8 heteroatoms. The molecule has 0 aliphatic rings. The van der Waals surface area contributed by atoms with Crippen LogP contribution in [0.15, 0.2) is 18.5 Å². The van der Waals surface area contributed by atoms with E-state index in [-0.39, 0.29) is 0 Å². The van der Waals surface area contributed by atoms with Crippen LogP contribution in [0.4, 0.5) is 13.2 Å². The van der Waals surface area contributed by atoms with Gasteiger partial charge in [-0.1, -0.05) is 26.2 Å². The van der Waals surface area contributed by atoms with Crippen LogP contribution in [-0.2, 0) is 16.7 Å². The SMILES string of the molecule is CCCCCCn1ccc(C)c1.O=S(=O)(O)C(F)(F)F. The van der Waals surface area contributed by atoms with Crippen LogP contribution in [0, 0.1) is 6.92 Å². The Morgan fingerprint density at radius 2 is 1.80 bits per heavy atom. The molecule has 1 heterocycles. The number of aryl methyl sites for hydroxylation is 2. The zero-order chi connectivity index (χ0) is 15.8. The van der Waals surface area contributed by atoms with E-state index in [0.717, 1.165) is 0 Å². The third-order valence-corrected chi connectivity index (χ3v) is 3.05. The fourth-order valence-electron chi connectivity index (χ4n) is 1.42. The summed E-state index contributed by atoms with van der Waals surface area (Å²) in [4.78, 5) is 0. The van der Waals surface area contributed by atoms with E-state index >= 15 is 0 Å². The van der Waals surface area contributed by atoms with Crippen molar-refractivity contribution in [3.05, 3.63) is 24.0 Å². The molecule has 1 rings (SSSR count). The van der Waals surface area contributed by atoms with Gasteiger partial charge in [-0.25, -0.2) is 0 Å². The summed E-state index contributed by atoms with van der Waals surface area (Å²) in [5.41, 5.74) is -4.17. The van der Waals surface area contributed by atoms with Crippen molar-refractivity contribution in [3.63, 3.8) is 0 Å². The maximum atomic E-state index is 10.7. The fourth-order valence-corrected chi connectivity index (χ4v) is 1.42. The van der Waals surface area contributed by atoms with E-state index in [1.807, 2.05) is 0 Å². The Balaban J connectivity index is 0.000000396. The molecule has 0 aromatic carbocycles. The molecule has 0 amide bonds. The van der Waals surface area contributed by atoms with Crippen LogP contribution in [0.25, 0.3) is 0 Å². The average Bonchev–Trinajstić information content (AvgIpc) is 2.69. The molecular formula is C12H20F3NO3S. The van der Waals surface area contributed by atoms with Crippen molar-refractivity contribution in [1.29, 1.82) is 0 Å². The van der Waals surface area contributed by atoms with Gasteiger partial charge in [-0.2, -0.15) is 21.6 Å². The lowest BCUT2D eigenvalue weighted by atomic mass is 10.2. The topological polar surface area (TPSA) is 59.3 Å². The van der Waals surface area contributed by atoms with Gasteiger partial charge in [0.1, 0.15) is 0 Å². The highest BCUT2D eigenvalue weighted by atomic mass is 32.2. The Bertz CT molecular complexity index is 480. The lowest BCUT2D eigenvalue weighted by Crippen LogP contribution is -2.21. The first kappa shape index (κ1) is 19.0. The van der Waals surface area contributed by atoms with E-state index in [2.05, 4.69) is 36.9 Å². The van der Waals surface area contributed by atoms with Crippen LogP contribution in [0.3, 0.4) is 0 Å². The summed E-state index contributed by atoms with van der Waals surface area (Å²) in [6.45, 7) is 5.58. The van der Waals surface area contributed by atoms with Crippen LogP contribution in [0.2, 0.25) is 0 Å². The van der Waals surface area contributed by atoms with Gasteiger partial charge in [0.15, 0.2) is 0 Å². The first-order valence-electron chi connectivity index (χ1n) is 6.24. The number of unbranched alkanes of at least 4 members (excludes halogenated alkanes) is 3. The van der Waals surface area contributed by atoms with E-state index in [4.69, 9.17) is 13.0 Å². The van der Waals surface area contributed by atoms with Crippen LogP contribution in [0.1, 0.15) is 38.2 Å². The van der Waals surface area contributed by atoms with Gasteiger partial charge in [0, 0.05) is 18.9 Å². The number of nitrogens with zero attached hydrogens (tertiary/aromatic N) is 1. The number of halogens is 3. The molecule has 1 N–H and O–H groups in total. The van der Waals surface area contributed by atoms with Crippen molar-refractivity contribution in [3.8, 4) is 0 Å². The van der Waals surface area contributed by atoms with E-state index in [1.54, 1.807) is 0 Å². The normalized spacial score (nSPS) is 11.9. The first-order chi connectivity index (χ1) is 9.08. The van der Waals surface area contributed by atoms with Gasteiger partial charge in [-0.15, -0.1) is 0 Å². The number of hydrogen-bond acceptors (Lipinski definition) is 2. The molecule has 118 valence electrons. The summed E-state index contributed by atoms with van der Waals surface area (Å²) < 4.78 is 59.8. The monoisotopic (exact) mass is 315 g/mol. The molecule has 0 radical (unpaired) electrons. The zero-order valence-electron chi connectivity index (χ0n) is 11.5. The van der Waals surface area contributed by atoms with Crippen molar-refractivity contribution in [2.45, 2.75) is 51.6 Å². The minimum absolute atomic E-state index is 1.19. The van der Waals surface area contributed by atoms with Gasteiger partial charge in [0.2, 0.25) is 0 Å². The first-order valence-corrected chi connectivity index (χ1v) is 7.68. The molecule has 0 aliphatic carbocycles. The Morgan fingerprint density at radius 3 is 2.15 bits per heavy atom. The minimum atomic E-state index is -5.84. The van der Waals surface area contributed by atoms with Gasteiger partial charge in [-0.05, 0) is 25.0 Å². The molecule has 20 heavy (non-hydrogen) atoms. The van der Waals surface area contributed by atoms with Crippen LogP contribution < -0.4 is 0 Å². The second-order valence-corrected chi connectivity index (χ2v) is 5.82. The minimum Gasteiger partial charge on any atom is -0.354 e. The lowest BCUT2D eigenvalue weighted by molar-refractivity contribution is -0.0510. The maximum absolute atomic E-state index is 10.7. The van der Waals surface area contributed by atoms with E-state index in [1.165, 1.54) is 37.8 Å². The predicted octanol–water partition coefficient (Wildman–Crippen LogP) is 3.77. The average molecular weight is 315 g/mol. The summed E-state index contributed by atoms with van der Waals surface area (Å²) in [6.07, 6.45) is 9.77. The van der Waals surface area contributed by atoms with Gasteiger partial charge in [-0.3, -0.25) is 4.55 Å². The Hall–Kier alpha value is -1.02. The van der Waals surface area contributed by atoms with E-state index in [9.17, 15) is 13.2 Å². The van der Waals surface area contributed by atoms with E-state index < -0.39 is 15.6 Å². The Kier molecular flexibility index (Phi) is 7.88. The number of alkyl halides is 3. The zero-order valence-corrected chi connectivity index (χ0v) is 12.3. The van der Waals surface area contributed by atoms with Crippen LogP contribution >= 0.6 is 0 Å². The Labute approximate surface area is 117 Å². The van der Waals surface area contributed by atoms with Gasteiger partial charge in [0.25, 0.3) is 0 Å². The molecule has 0 spiro atoms. The summed E-state index contributed by atoms with van der Waals surface area (Å²) in [5.74, 6) is 0. The molecule has 1 aromatic rings. The smallest absolute Gasteiger partial charge is 0.354 e. The van der Waals surface area contributed by atoms with Crippen molar-refractivity contribution in [2.24, 2.45) is 0 Å². The standard InChI is InChI=1S/C11H19N.CHF3O3S/c1-3-4-5-6-8-12-9-7-11(2)10-12;2-1(3,4)8(5,6)7/h7,9-10H,3-6,8H2,1-2H3;(H,5,6,7). The Morgan fingerprint density at radius 1 is 1.25 bits per heavy atom. The number of rotatable bonds is 5. The molecule has 0 bridgehead atoms. The fraction of sp³-hybridized carbons (Fsp3) is 0.667. The second kappa shape index (κ2) is 8.31. The number of hydrogen-bond donors (Lipinski definition) is 1. The van der Waals surface area contributed by atoms with Crippen molar-refractivity contribution < 1.29 is 26.1 Å². The predicted molar refractivity (Wildman–Crippen MR) is 70.9 cm³/mol. The molecule has 0 saturated heterocycles. The van der Waals surface area contributed by atoms with Crippen LogP contribution in [0.5, 0.6) is 0 Å². The van der Waals surface area contributed by atoms with Crippen LogP contribution in [-0.4, -0.2) is 23.0 Å². The summed E-state index contributed by atoms with van der Waals surface area (Å²) in [6, 6.07) is 2.17. The highest BCUT2D eigenvalue weighted by molar-refractivity contribution is 7.86. The molecule has 0 saturated carbocycles. The summed E-state index contributed by atoms with van der Waals surface area (Å²) in [5, 5.41) is 0. The maximum Gasteiger partial charge on any atom is 0.522 e. The van der Waals surface area contributed by atoms with Crippen molar-refractivity contribution >= 4 is 10.1 Å². The number of aromatic nitrogens is 1. The molecule has 4 nitrogen and oxygen atoms in total. The molecule has 0 aliphatic heterocycles. The largest absolute Gasteiger partial charge is 0.522 e. The van der Waals surface area contributed by atoms with Gasteiger partial charge in [0.05, 0.1) is 0 Å². The summed E-state index contributed by atoms with van der Waals surface area (Å²) >= 11 is 0. The second-order valence-electron chi connectivity index (χ2n) is 4.41. The van der Waals surface area contributed by atoms with E-state index in [0.29, 0.717) is 0 Å². The molecule has 0 atom stereocenters. The highest BCUT2D eigenvalue weighted by Gasteiger charge is 2.44. The van der Waals surface area contributed by atoms with Crippen molar-refractivity contribution in [2.75, 3.05) is 0 Å². The lowest BCUT2D eigenvalue weighted by Gasteiger charge is -2.01. The molecule has 1 aromatic heterocycles.